The van der Waals surface area contributed by atoms with Crippen molar-refractivity contribution in [2.75, 3.05) is 25.5 Å². The van der Waals surface area contributed by atoms with Gasteiger partial charge in [0.25, 0.3) is 0 Å². The summed E-state index contributed by atoms with van der Waals surface area (Å²) in [5.41, 5.74) is 1.51. The van der Waals surface area contributed by atoms with Gasteiger partial charge in [-0.1, -0.05) is 30.3 Å². The average Bonchev–Trinajstić information content (AvgIpc) is 3.18. The van der Waals surface area contributed by atoms with E-state index in [1.807, 2.05) is 30.3 Å². The molecule has 7 heteroatoms. The molecule has 3 rings (SSSR count). The minimum Gasteiger partial charge on any atom is -0.325 e. The molecule has 1 saturated heterocycles. The molecule has 1 N–H and O–H groups in total. The Bertz CT molecular complexity index is 845. The second-order valence-corrected chi connectivity index (χ2v) is 8.44. The molecule has 0 unspecified atom stereocenters. The number of urea groups is 1. The molecule has 0 aliphatic carbocycles. The van der Waals surface area contributed by atoms with Crippen molar-refractivity contribution in [2.45, 2.75) is 24.3 Å². The number of carbonyl (C=O) groups is 1. The van der Waals surface area contributed by atoms with Crippen LogP contribution in [0.1, 0.15) is 18.4 Å². The van der Waals surface area contributed by atoms with Gasteiger partial charge < -0.3 is 10.2 Å². The van der Waals surface area contributed by atoms with Crippen molar-refractivity contribution in [1.29, 1.82) is 0 Å². The third-order valence-corrected chi connectivity index (χ3v) is 6.27. The third-order valence-electron chi connectivity index (χ3n) is 4.46. The highest BCUT2D eigenvalue weighted by atomic mass is 32.2. The normalized spacial score (nSPS) is 14.6. The molecule has 138 valence electrons. The lowest BCUT2D eigenvalue weighted by Gasteiger charge is -2.18. The second kappa shape index (κ2) is 7.88. The molecule has 2 amide bonds. The van der Waals surface area contributed by atoms with Crippen molar-refractivity contribution in [3.63, 3.8) is 0 Å². The number of nitrogens with one attached hydrogen (secondary N) is 1. The Morgan fingerprint density at radius 2 is 1.65 bits per heavy atom. The zero-order valence-electron chi connectivity index (χ0n) is 14.8. The Morgan fingerprint density at radius 3 is 2.27 bits per heavy atom. The predicted molar refractivity (Wildman–Crippen MR) is 101 cm³/mol. The molecule has 0 spiro atoms. The van der Waals surface area contributed by atoms with Crippen LogP contribution in [0.5, 0.6) is 0 Å². The summed E-state index contributed by atoms with van der Waals surface area (Å²) < 4.78 is 26.7. The van der Waals surface area contributed by atoms with Gasteiger partial charge >= 0.3 is 6.03 Å². The Hall–Kier alpha value is -2.38. The largest absolute Gasteiger partial charge is 0.325 e. The van der Waals surface area contributed by atoms with Gasteiger partial charge in [-0.3, -0.25) is 0 Å². The molecular weight excluding hydrogens is 350 g/mol. The summed E-state index contributed by atoms with van der Waals surface area (Å²) in [5, 5.41) is 2.81. The number of likely N-dealkylation sites (tertiary alicyclic amines) is 1. The van der Waals surface area contributed by atoms with Gasteiger partial charge in [0.2, 0.25) is 10.0 Å². The molecule has 0 radical (unpaired) electrons. The number of sulfonamides is 1. The Balaban J connectivity index is 1.67. The van der Waals surface area contributed by atoms with E-state index in [1.165, 1.54) is 16.4 Å². The molecule has 1 aliphatic rings. The maximum absolute atomic E-state index is 12.7. The van der Waals surface area contributed by atoms with Crippen molar-refractivity contribution in [2.24, 2.45) is 0 Å². The van der Waals surface area contributed by atoms with E-state index in [2.05, 4.69) is 5.32 Å². The molecule has 1 heterocycles. The Morgan fingerprint density at radius 1 is 1.04 bits per heavy atom. The molecule has 6 nitrogen and oxygen atoms in total. The lowest BCUT2D eigenvalue weighted by atomic mass is 10.2. The minimum absolute atomic E-state index is 0.140. The quantitative estimate of drug-likeness (QED) is 0.875. The number of amides is 2. The zero-order valence-corrected chi connectivity index (χ0v) is 15.6. The molecule has 1 aliphatic heterocycles. The fraction of sp³-hybridized carbons (Fsp3) is 0.316. The van der Waals surface area contributed by atoms with Gasteiger partial charge in [0.05, 0.1) is 4.90 Å². The number of anilines is 1. The van der Waals surface area contributed by atoms with Crippen LogP contribution in [0.2, 0.25) is 0 Å². The smallest absolute Gasteiger partial charge is 0.321 e. The highest BCUT2D eigenvalue weighted by molar-refractivity contribution is 7.89. The number of hydrogen-bond acceptors (Lipinski definition) is 3. The number of benzene rings is 2. The molecule has 0 atom stereocenters. The van der Waals surface area contributed by atoms with Gasteiger partial charge in [-0.2, -0.15) is 4.31 Å². The summed E-state index contributed by atoms with van der Waals surface area (Å²) in [6.07, 6.45) is 2.05. The Labute approximate surface area is 154 Å². The van der Waals surface area contributed by atoms with Crippen LogP contribution in [-0.4, -0.2) is 43.8 Å². The van der Waals surface area contributed by atoms with Crippen LogP contribution in [0.15, 0.2) is 59.5 Å². The van der Waals surface area contributed by atoms with Crippen LogP contribution >= 0.6 is 0 Å². The number of nitrogens with zero attached hydrogens (tertiary/aromatic N) is 2. The summed E-state index contributed by atoms with van der Waals surface area (Å²) >= 11 is 0. The van der Waals surface area contributed by atoms with Crippen molar-refractivity contribution in [1.82, 2.24) is 9.21 Å². The van der Waals surface area contributed by atoms with Crippen LogP contribution in [0.4, 0.5) is 10.5 Å². The van der Waals surface area contributed by atoms with Crippen molar-refractivity contribution in [3.8, 4) is 0 Å². The summed E-state index contributed by atoms with van der Waals surface area (Å²) in [4.78, 5) is 14.1. The summed E-state index contributed by atoms with van der Waals surface area (Å²) in [6.45, 7) is 1.84. The molecular formula is C19H23N3O3S. The van der Waals surface area contributed by atoms with Crippen LogP contribution < -0.4 is 5.32 Å². The van der Waals surface area contributed by atoms with Gasteiger partial charge in [-0.05, 0) is 42.7 Å². The third kappa shape index (κ3) is 4.23. The maximum Gasteiger partial charge on any atom is 0.321 e. The lowest BCUT2D eigenvalue weighted by molar-refractivity contribution is 0.222. The lowest BCUT2D eigenvalue weighted by Crippen LogP contribution is -2.32. The molecule has 1 fully saturated rings. The van der Waals surface area contributed by atoms with Crippen LogP contribution in [0.3, 0.4) is 0 Å². The fourth-order valence-electron chi connectivity index (χ4n) is 2.94. The predicted octanol–water partition coefficient (Wildman–Crippen LogP) is 3.14. The van der Waals surface area contributed by atoms with Crippen molar-refractivity contribution in [3.05, 3.63) is 60.2 Å². The number of carbonyl (C=O) groups excluding carboxylic acids is 1. The van der Waals surface area contributed by atoms with E-state index in [-0.39, 0.29) is 10.9 Å². The summed E-state index contributed by atoms with van der Waals surface area (Å²) in [5.74, 6) is 0. The average molecular weight is 373 g/mol. The van der Waals surface area contributed by atoms with Crippen LogP contribution in [0, 0.1) is 0 Å². The summed E-state index contributed by atoms with van der Waals surface area (Å²) in [7, 11) is -2.03. The monoisotopic (exact) mass is 373 g/mol. The van der Waals surface area contributed by atoms with E-state index in [0.29, 0.717) is 12.2 Å². The first kappa shape index (κ1) is 18.4. The van der Waals surface area contributed by atoms with E-state index in [9.17, 15) is 13.2 Å². The highest BCUT2D eigenvalue weighted by Gasteiger charge is 2.21. The molecule has 0 bridgehead atoms. The first-order valence-electron chi connectivity index (χ1n) is 8.63. The topological polar surface area (TPSA) is 69.7 Å². The van der Waals surface area contributed by atoms with E-state index in [1.54, 1.807) is 24.1 Å². The standard InChI is InChI=1S/C19H23N3O3S/c1-21(15-16-7-3-2-4-8-16)26(24,25)18-11-9-17(10-12-18)20-19(23)22-13-5-6-14-22/h2-4,7-12H,5-6,13-15H2,1H3,(H,20,23). The van der Waals surface area contributed by atoms with Crippen molar-refractivity contribution < 1.29 is 13.2 Å². The molecule has 0 aromatic heterocycles. The van der Waals surface area contributed by atoms with Crippen LogP contribution in [0.25, 0.3) is 0 Å². The van der Waals surface area contributed by atoms with Gasteiger partial charge in [0.1, 0.15) is 0 Å². The number of hydrogen-bond donors (Lipinski definition) is 1. The maximum atomic E-state index is 12.7. The SMILES string of the molecule is CN(Cc1ccccc1)S(=O)(=O)c1ccc(NC(=O)N2CCCC2)cc1. The van der Waals surface area contributed by atoms with Crippen LogP contribution in [-0.2, 0) is 16.6 Å². The second-order valence-electron chi connectivity index (χ2n) is 6.40. The van der Waals surface area contributed by atoms with E-state index in [0.717, 1.165) is 31.5 Å². The first-order chi connectivity index (χ1) is 12.5. The highest BCUT2D eigenvalue weighted by Crippen LogP contribution is 2.20. The Kier molecular flexibility index (Phi) is 5.58. The molecule has 2 aromatic rings. The van der Waals surface area contributed by atoms with E-state index < -0.39 is 10.0 Å². The molecule has 2 aromatic carbocycles. The number of rotatable bonds is 5. The zero-order chi connectivity index (χ0) is 18.6. The van der Waals surface area contributed by atoms with Crippen molar-refractivity contribution >= 4 is 21.7 Å². The van der Waals surface area contributed by atoms with Gasteiger partial charge in [0, 0.05) is 32.4 Å². The van der Waals surface area contributed by atoms with Gasteiger partial charge in [-0.25, -0.2) is 13.2 Å². The van der Waals surface area contributed by atoms with E-state index in [4.69, 9.17) is 0 Å². The van der Waals surface area contributed by atoms with E-state index >= 15 is 0 Å². The first-order valence-corrected chi connectivity index (χ1v) is 10.1. The van der Waals surface area contributed by atoms with Gasteiger partial charge in [-0.15, -0.1) is 0 Å². The fourth-order valence-corrected chi connectivity index (χ4v) is 4.10. The summed E-state index contributed by atoms with van der Waals surface area (Å²) in [6, 6.07) is 15.6. The molecule has 0 saturated carbocycles. The van der Waals surface area contributed by atoms with Gasteiger partial charge in [0.15, 0.2) is 0 Å². The molecule has 26 heavy (non-hydrogen) atoms. The minimum atomic E-state index is -3.59.